The van der Waals surface area contributed by atoms with E-state index in [9.17, 15) is 9.59 Å². The van der Waals surface area contributed by atoms with Gasteiger partial charge in [-0.1, -0.05) is 6.92 Å². The van der Waals surface area contributed by atoms with Crippen LogP contribution in [0.2, 0.25) is 0 Å². The third-order valence-electron chi connectivity index (χ3n) is 4.72. The van der Waals surface area contributed by atoms with Crippen molar-refractivity contribution < 1.29 is 9.59 Å². The van der Waals surface area contributed by atoms with Gasteiger partial charge in [-0.2, -0.15) is 0 Å². The number of carbonyl (C=O) groups excluding carboxylic acids is 2. The molecule has 5 nitrogen and oxygen atoms in total. The van der Waals surface area contributed by atoms with Gasteiger partial charge in [0.25, 0.3) is 0 Å². The molecule has 2 fully saturated rings. The van der Waals surface area contributed by atoms with E-state index in [-0.39, 0.29) is 23.1 Å². The average Bonchev–Trinajstić information content (AvgIpc) is 2.42. The van der Waals surface area contributed by atoms with Gasteiger partial charge in [0.1, 0.15) is 0 Å². The van der Waals surface area contributed by atoms with Gasteiger partial charge in [-0.05, 0) is 31.6 Å². The molecule has 1 heterocycles. The van der Waals surface area contributed by atoms with Gasteiger partial charge in [-0.25, -0.2) is 0 Å². The maximum absolute atomic E-state index is 12.6. The molecule has 0 aromatic rings. The number of nitrogens with zero attached hydrogens (tertiary/aromatic N) is 1. The zero-order valence-corrected chi connectivity index (χ0v) is 11.9. The quantitative estimate of drug-likeness (QED) is 0.774. The molecule has 1 aliphatic heterocycles. The molecule has 0 aromatic heterocycles. The smallest absolute Gasteiger partial charge is 0.230 e. The average molecular weight is 267 g/mol. The number of piperidine rings is 1. The minimum absolute atomic E-state index is 0.0585. The number of nitrogens with one attached hydrogen (secondary N) is 1. The van der Waals surface area contributed by atoms with Crippen molar-refractivity contribution in [3.63, 3.8) is 0 Å². The van der Waals surface area contributed by atoms with Crippen molar-refractivity contribution in [3.05, 3.63) is 0 Å². The van der Waals surface area contributed by atoms with Crippen LogP contribution < -0.4 is 11.1 Å². The lowest BCUT2D eigenvalue weighted by atomic mass is 9.61. The molecule has 1 saturated carbocycles. The van der Waals surface area contributed by atoms with E-state index in [2.05, 4.69) is 12.2 Å². The summed E-state index contributed by atoms with van der Waals surface area (Å²) in [4.78, 5) is 26.1. The Morgan fingerprint density at radius 1 is 1.32 bits per heavy atom. The van der Waals surface area contributed by atoms with Crippen LogP contribution in [0.3, 0.4) is 0 Å². The minimum Gasteiger partial charge on any atom is -0.359 e. The van der Waals surface area contributed by atoms with E-state index in [1.165, 1.54) is 0 Å². The Morgan fingerprint density at radius 3 is 2.32 bits per heavy atom. The lowest BCUT2D eigenvalue weighted by molar-refractivity contribution is -0.152. The van der Waals surface area contributed by atoms with Crippen molar-refractivity contribution >= 4 is 11.8 Å². The molecule has 0 bridgehead atoms. The highest BCUT2D eigenvalue weighted by Crippen LogP contribution is 2.46. The summed E-state index contributed by atoms with van der Waals surface area (Å²) in [6.45, 7) is 3.99. The summed E-state index contributed by atoms with van der Waals surface area (Å²) < 4.78 is 0. The summed E-state index contributed by atoms with van der Waals surface area (Å²) in [6, 6.07) is 0. The fraction of sp³-hybridized carbons (Fsp3) is 0.857. The SMILES string of the molecule is CNC(=O)C1CCN(C(=O)C2(CN)CC(C)C2)CC1. The maximum atomic E-state index is 12.6. The molecule has 3 N–H and O–H groups in total. The largest absolute Gasteiger partial charge is 0.359 e. The second-order valence-corrected chi connectivity index (χ2v) is 6.18. The molecule has 0 unspecified atom stereocenters. The molecule has 5 heteroatoms. The van der Waals surface area contributed by atoms with Crippen LogP contribution >= 0.6 is 0 Å². The van der Waals surface area contributed by atoms with Gasteiger partial charge >= 0.3 is 0 Å². The van der Waals surface area contributed by atoms with E-state index in [1.54, 1.807) is 7.05 Å². The topological polar surface area (TPSA) is 75.4 Å². The summed E-state index contributed by atoms with van der Waals surface area (Å²) in [6.07, 6.45) is 3.36. The van der Waals surface area contributed by atoms with Crippen molar-refractivity contribution in [2.24, 2.45) is 23.0 Å². The highest BCUT2D eigenvalue weighted by atomic mass is 16.2. The predicted molar refractivity (Wildman–Crippen MR) is 73.3 cm³/mol. The van der Waals surface area contributed by atoms with Crippen LogP contribution in [0.1, 0.15) is 32.6 Å². The first-order valence-electron chi connectivity index (χ1n) is 7.23. The van der Waals surface area contributed by atoms with Crippen LogP contribution in [-0.2, 0) is 9.59 Å². The molecule has 2 amide bonds. The molecule has 19 heavy (non-hydrogen) atoms. The molecule has 0 atom stereocenters. The summed E-state index contributed by atoms with van der Waals surface area (Å²) in [5.41, 5.74) is 5.52. The van der Waals surface area contributed by atoms with E-state index in [1.807, 2.05) is 4.90 Å². The fourth-order valence-corrected chi connectivity index (χ4v) is 3.59. The van der Waals surface area contributed by atoms with E-state index in [0.29, 0.717) is 25.6 Å². The van der Waals surface area contributed by atoms with Gasteiger partial charge in [0, 0.05) is 32.6 Å². The van der Waals surface area contributed by atoms with Crippen LogP contribution in [0.4, 0.5) is 0 Å². The summed E-state index contributed by atoms with van der Waals surface area (Å²) in [5.74, 6) is 0.973. The molecule has 1 aliphatic carbocycles. The maximum Gasteiger partial charge on any atom is 0.230 e. The van der Waals surface area contributed by atoms with Crippen LogP contribution in [0, 0.1) is 17.3 Å². The second kappa shape index (κ2) is 5.49. The van der Waals surface area contributed by atoms with Crippen LogP contribution in [-0.4, -0.2) is 43.4 Å². The Labute approximate surface area is 114 Å². The summed E-state index contributed by atoms with van der Waals surface area (Å²) in [7, 11) is 1.67. The normalized spacial score (nSPS) is 31.7. The van der Waals surface area contributed by atoms with Crippen molar-refractivity contribution in [2.75, 3.05) is 26.7 Å². The number of nitrogens with two attached hydrogens (primary N) is 1. The fourth-order valence-electron chi connectivity index (χ4n) is 3.59. The molecular formula is C14H25N3O2. The molecule has 2 aliphatic rings. The second-order valence-electron chi connectivity index (χ2n) is 6.18. The molecule has 0 spiro atoms. The van der Waals surface area contributed by atoms with E-state index >= 15 is 0 Å². The third kappa shape index (κ3) is 2.61. The first-order valence-corrected chi connectivity index (χ1v) is 7.23. The Kier molecular flexibility index (Phi) is 4.13. The van der Waals surface area contributed by atoms with Crippen LogP contribution in [0.5, 0.6) is 0 Å². The highest BCUT2D eigenvalue weighted by molar-refractivity contribution is 5.84. The van der Waals surface area contributed by atoms with Gasteiger partial charge in [0.15, 0.2) is 0 Å². The summed E-state index contributed by atoms with van der Waals surface area (Å²) in [5, 5.41) is 2.69. The molecule has 108 valence electrons. The molecule has 0 aromatic carbocycles. The van der Waals surface area contributed by atoms with Crippen LogP contribution in [0.15, 0.2) is 0 Å². The van der Waals surface area contributed by atoms with Crippen molar-refractivity contribution in [1.29, 1.82) is 0 Å². The summed E-state index contributed by atoms with van der Waals surface area (Å²) >= 11 is 0. The first-order chi connectivity index (χ1) is 9.02. The standard InChI is InChI=1S/C14H25N3O2/c1-10-7-14(8-10,9-15)13(19)17-5-3-11(4-6-17)12(18)16-2/h10-11H,3-9,15H2,1-2H3,(H,16,18). The first kappa shape index (κ1) is 14.3. The number of amides is 2. The Hall–Kier alpha value is -1.10. The van der Waals surface area contributed by atoms with E-state index < -0.39 is 0 Å². The molecule has 1 saturated heterocycles. The predicted octanol–water partition coefficient (Wildman–Crippen LogP) is 0.346. The van der Waals surface area contributed by atoms with E-state index in [4.69, 9.17) is 5.73 Å². The Balaban J connectivity index is 1.91. The molecular weight excluding hydrogens is 242 g/mol. The van der Waals surface area contributed by atoms with Gasteiger partial charge in [0.2, 0.25) is 11.8 Å². The third-order valence-corrected chi connectivity index (χ3v) is 4.72. The van der Waals surface area contributed by atoms with Crippen LogP contribution in [0.25, 0.3) is 0 Å². The zero-order chi connectivity index (χ0) is 14.0. The number of carbonyl (C=O) groups is 2. The Bertz CT molecular complexity index is 356. The van der Waals surface area contributed by atoms with Crippen molar-refractivity contribution in [1.82, 2.24) is 10.2 Å². The molecule has 0 radical (unpaired) electrons. The van der Waals surface area contributed by atoms with E-state index in [0.717, 1.165) is 25.7 Å². The van der Waals surface area contributed by atoms with Gasteiger partial charge < -0.3 is 16.0 Å². The number of rotatable bonds is 3. The van der Waals surface area contributed by atoms with Crippen molar-refractivity contribution in [2.45, 2.75) is 32.6 Å². The Morgan fingerprint density at radius 2 is 1.89 bits per heavy atom. The minimum atomic E-state index is -0.306. The number of likely N-dealkylation sites (tertiary alicyclic amines) is 1. The lowest BCUT2D eigenvalue weighted by Gasteiger charge is -2.47. The van der Waals surface area contributed by atoms with Gasteiger partial charge in [-0.15, -0.1) is 0 Å². The number of hydrogen-bond acceptors (Lipinski definition) is 3. The lowest BCUT2D eigenvalue weighted by Crippen LogP contribution is -2.56. The monoisotopic (exact) mass is 267 g/mol. The van der Waals surface area contributed by atoms with Gasteiger partial charge in [-0.3, -0.25) is 9.59 Å². The highest BCUT2D eigenvalue weighted by Gasteiger charge is 2.49. The van der Waals surface area contributed by atoms with Gasteiger partial charge in [0.05, 0.1) is 5.41 Å². The zero-order valence-electron chi connectivity index (χ0n) is 11.9. The molecule has 2 rings (SSSR count). The number of hydrogen-bond donors (Lipinski definition) is 2. The van der Waals surface area contributed by atoms with Crippen molar-refractivity contribution in [3.8, 4) is 0 Å².